The second-order valence-electron chi connectivity index (χ2n) is 4.69. The van der Waals surface area contributed by atoms with Crippen LogP contribution < -0.4 is 5.32 Å². The van der Waals surface area contributed by atoms with Crippen LogP contribution in [-0.4, -0.2) is 21.9 Å². The maximum atomic E-state index is 11.9. The van der Waals surface area contributed by atoms with Gasteiger partial charge in [-0.25, -0.2) is 0 Å². The number of H-pyrrole nitrogens is 1. The Balaban J connectivity index is 1.67. The number of aromatic amines is 1. The maximum Gasteiger partial charge on any atom is 0.232 e. The molecular formula is C16H13N3O2. The van der Waals surface area contributed by atoms with E-state index in [0.717, 1.165) is 10.9 Å². The zero-order valence-corrected chi connectivity index (χ0v) is 11.2. The first-order valence-electron chi connectivity index (χ1n) is 6.53. The van der Waals surface area contributed by atoms with E-state index in [2.05, 4.69) is 15.5 Å². The van der Waals surface area contributed by atoms with E-state index in [-0.39, 0.29) is 18.1 Å². The summed E-state index contributed by atoms with van der Waals surface area (Å²) >= 11 is 0. The monoisotopic (exact) mass is 279 g/mol. The minimum absolute atomic E-state index is 0.176. The van der Waals surface area contributed by atoms with Gasteiger partial charge in [0.2, 0.25) is 5.91 Å². The van der Waals surface area contributed by atoms with Crippen LogP contribution in [0.15, 0.2) is 54.7 Å². The molecule has 1 heterocycles. The molecule has 0 spiro atoms. The van der Waals surface area contributed by atoms with E-state index >= 15 is 0 Å². The lowest BCUT2D eigenvalue weighted by molar-refractivity contribution is -0.115. The summed E-state index contributed by atoms with van der Waals surface area (Å²) in [5, 5.41) is 10.4. The van der Waals surface area contributed by atoms with Crippen molar-refractivity contribution in [2.24, 2.45) is 0 Å². The summed E-state index contributed by atoms with van der Waals surface area (Å²) in [6, 6.07) is 14.2. The van der Waals surface area contributed by atoms with Gasteiger partial charge in [0.15, 0.2) is 5.78 Å². The minimum atomic E-state index is -0.331. The van der Waals surface area contributed by atoms with Gasteiger partial charge in [-0.3, -0.25) is 14.7 Å². The van der Waals surface area contributed by atoms with E-state index in [9.17, 15) is 9.59 Å². The van der Waals surface area contributed by atoms with Gasteiger partial charge in [0.25, 0.3) is 0 Å². The fourth-order valence-corrected chi connectivity index (χ4v) is 2.09. The first-order chi connectivity index (χ1) is 10.2. The molecule has 21 heavy (non-hydrogen) atoms. The average molecular weight is 279 g/mol. The number of anilines is 1. The molecule has 104 valence electrons. The molecular weight excluding hydrogens is 266 g/mol. The number of hydrogen-bond donors (Lipinski definition) is 2. The maximum absolute atomic E-state index is 11.9. The Morgan fingerprint density at radius 2 is 1.90 bits per heavy atom. The lowest BCUT2D eigenvalue weighted by atomic mass is 10.1. The molecule has 0 bridgehead atoms. The third-order valence-corrected chi connectivity index (χ3v) is 3.14. The lowest BCUT2D eigenvalue weighted by Gasteiger charge is -2.05. The molecule has 0 aliphatic rings. The second-order valence-corrected chi connectivity index (χ2v) is 4.69. The third-order valence-electron chi connectivity index (χ3n) is 3.14. The van der Waals surface area contributed by atoms with Crippen LogP contribution >= 0.6 is 0 Å². The second kappa shape index (κ2) is 5.58. The molecule has 0 saturated carbocycles. The molecule has 0 aliphatic carbocycles. The lowest BCUT2D eigenvalue weighted by Crippen LogP contribution is -2.16. The number of nitrogens with zero attached hydrogens (tertiary/aromatic N) is 1. The summed E-state index contributed by atoms with van der Waals surface area (Å²) < 4.78 is 0. The highest BCUT2D eigenvalue weighted by Crippen LogP contribution is 2.16. The Bertz CT molecular complexity index is 793. The molecule has 5 heteroatoms. The number of fused-ring (bicyclic) bond motifs is 1. The Hall–Kier alpha value is -2.95. The van der Waals surface area contributed by atoms with Gasteiger partial charge in [-0.2, -0.15) is 5.10 Å². The molecule has 3 aromatic rings. The predicted octanol–water partition coefficient (Wildman–Crippen LogP) is 2.77. The van der Waals surface area contributed by atoms with E-state index in [1.165, 1.54) is 0 Å². The first-order valence-corrected chi connectivity index (χ1v) is 6.53. The van der Waals surface area contributed by atoms with E-state index in [0.29, 0.717) is 11.3 Å². The van der Waals surface area contributed by atoms with Gasteiger partial charge in [-0.05, 0) is 18.2 Å². The van der Waals surface area contributed by atoms with Crippen molar-refractivity contribution >= 4 is 28.3 Å². The van der Waals surface area contributed by atoms with Crippen molar-refractivity contribution in [3.05, 3.63) is 60.3 Å². The highest BCUT2D eigenvalue weighted by atomic mass is 16.2. The van der Waals surface area contributed by atoms with Gasteiger partial charge in [0.05, 0.1) is 18.1 Å². The number of amides is 1. The number of ketones is 1. The Kier molecular flexibility index (Phi) is 3.47. The van der Waals surface area contributed by atoms with Crippen LogP contribution in [0.3, 0.4) is 0 Å². The summed E-state index contributed by atoms with van der Waals surface area (Å²) in [6.45, 7) is 0. The van der Waals surface area contributed by atoms with Crippen LogP contribution in [0.2, 0.25) is 0 Å². The topological polar surface area (TPSA) is 74.8 Å². The van der Waals surface area contributed by atoms with Crippen LogP contribution in [0, 0.1) is 0 Å². The molecule has 3 rings (SSSR count). The summed E-state index contributed by atoms with van der Waals surface area (Å²) in [5.74, 6) is -0.529. The van der Waals surface area contributed by atoms with Crippen LogP contribution in [0.5, 0.6) is 0 Å². The zero-order valence-electron chi connectivity index (χ0n) is 11.2. The number of nitrogens with one attached hydrogen (secondary N) is 2. The number of benzene rings is 2. The molecule has 5 nitrogen and oxygen atoms in total. The van der Waals surface area contributed by atoms with Crippen LogP contribution in [0.4, 0.5) is 5.69 Å². The molecule has 0 atom stereocenters. The number of rotatable bonds is 4. The predicted molar refractivity (Wildman–Crippen MR) is 80.1 cm³/mol. The number of carbonyl (C=O) groups excluding carboxylic acids is 2. The largest absolute Gasteiger partial charge is 0.326 e. The fraction of sp³-hybridized carbons (Fsp3) is 0.0625. The van der Waals surface area contributed by atoms with Crippen molar-refractivity contribution < 1.29 is 9.59 Å². The quantitative estimate of drug-likeness (QED) is 0.569. The van der Waals surface area contributed by atoms with Gasteiger partial charge in [-0.1, -0.05) is 30.3 Å². The number of aromatic nitrogens is 2. The first kappa shape index (κ1) is 13.1. The molecule has 1 amide bonds. The SMILES string of the molecule is O=C(CC(=O)c1ccccc1)Nc1ccc2cn[nH]c2c1. The summed E-state index contributed by atoms with van der Waals surface area (Å²) in [4.78, 5) is 23.9. The van der Waals surface area contributed by atoms with Gasteiger partial charge in [0.1, 0.15) is 0 Å². The van der Waals surface area contributed by atoms with Crippen molar-refractivity contribution in [3.63, 3.8) is 0 Å². The molecule has 1 aromatic heterocycles. The molecule has 0 aliphatic heterocycles. The van der Waals surface area contributed by atoms with Crippen molar-refractivity contribution in [1.82, 2.24) is 10.2 Å². The molecule has 0 saturated heterocycles. The van der Waals surface area contributed by atoms with Crippen LogP contribution in [0.1, 0.15) is 16.8 Å². The molecule has 2 aromatic carbocycles. The molecule has 0 fully saturated rings. The molecule has 0 radical (unpaired) electrons. The van der Waals surface area contributed by atoms with Crippen molar-refractivity contribution in [2.45, 2.75) is 6.42 Å². The Morgan fingerprint density at radius 1 is 1.10 bits per heavy atom. The normalized spacial score (nSPS) is 10.5. The Morgan fingerprint density at radius 3 is 2.71 bits per heavy atom. The van der Waals surface area contributed by atoms with Crippen LogP contribution in [0.25, 0.3) is 10.9 Å². The number of hydrogen-bond acceptors (Lipinski definition) is 3. The average Bonchev–Trinajstić information content (AvgIpc) is 2.95. The van der Waals surface area contributed by atoms with Gasteiger partial charge < -0.3 is 5.32 Å². The standard InChI is InChI=1S/C16H13N3O2/c20-15(11-4-2-1-3-5-11)9-16(21)18-13-7-6-12-10-17-19-14(12)8-13/h1-8,10H,9H2,(H,17,19)(H,18,21). The van der Waals surface area contributed by atoms with Gasteiger partial charge in [0, 0.05) is 16.6 Å². The van der Waals surface area contributed by atoms with E-state index in [4.69, 9.17) is 0 Å². The van der Waals surface area contributed by atoms with Crippen LogP contribution in [-0.2, 0) is 4.79 Å². The van der Waals surface area contributed by atoms with Crippen molar-refractivity contribution in [3.8, 4) is 0 Å². The third kappa shape index (κ3) is 2.97. The van der Waals surface area contributed by atoms with E-state index in [1.54, 1.807) is 42.6 Å². The highest BCUT2D eigenvalue weighted by Gasteiger charge is 2.11. The van der Waals surface area contributed by atoms with Crippen molar-refractivity contribution in [2.75, 3.05) is 5.32 Å². The number of carbonyl (C=O) groups is 2. The Labute approximate surface area is 121 Å². The van der Waals surface area contributed by atoms with E-state index < -0.39 is 0 Å². The van der Waals surface area contributed by atoms with E-state index in [1.807, 2.05) is 12.1 Å². The zero-order chi connectivity index (χ0) is 14.7. The van der Waals surface area contributed by atoms with Gasteiger partial charge >= 0.3 is 0 Å². The number of Topliss-reactive ketones (excluding diaryl/α,β-unsaturated/α-hetero) is 1. The summed E-state index contributed by atoms with van der Waals surface area (Å²) in [7, 11) is 0. The fourth-order valence-electron chi connectivity index (χ4n) is 2.09. The smallest absolute Gasteiger partial charge is 0.232 e. The molecule has 2 N–H and O–H groups in total. The summed E-state index contributed by atoms with van der Waals surface area (Å²) in [5.41, 5.74) is 2.01. The minimum Gasteiger partial charge on any atom is -0.326 e. The van der Waals surface area contributed by atoms with Gasteiger partial charge in [-0.15, -0.1) is 0 Å². The van der Waals surface area contributed by atoms with Crippen molar-refractivity contribution in [1.29, 1.82) is 0 Å². The summed E-state index contributed by atoms with van der Waals surface area (Å²) in [6.07, 6.45) is 1.53. The highest BCUT2D eigenvalue weighted by molar-refractivity contribution is 6.11. The molecule has 0 unspecified atom stereocenters.